The summed E-state index contributed by atoms with van der Waals surface area (Å²) >= 11 is 6.70. The minimum atomic E-state index is -4.42. The normalized spacial score (nSPS) is 13.5. The van der Waals surface area contributed by atoms with Crippen LogP contribution in [0, 0.1) is 10.1 Å². The summed E-state index contributed by atoms with van der Waals surface area (Å²) in [6, 6.07) is 35.1. The Morgan fingerprint density at radius 1 is 0.837 bits per heavy atom. The van der Waals surface area contributed by atoms with Crippen LogP contribution in [0.2, 0.25) is 5.02 Å². The number of nitrogens with zero attached hydrogens (tertiary/aromatic N) is 3. The van der Waals surface area contributed by atoms with Gasteiger partial charge in [0.15, 0.2) is 0 Å². The molecule has 0 saturated carbocycles. The molecule has 0 radical (unpaired) electrons. The number of benzene rings is 5. The zero-order valence-corrected chi connectivity index (χ0v) is 27.9. The van der Waals surface area contributed by atoms with Crippen molar-refractivity contribution in [2.45, 2.75) is 18.0 Å². The number of carbonyl (C=O) groups excluding carboxylic acids is 1. The maximum atomic E-state index is 13.4. The van der Waals surface area contributed by atoms with E-state index in [2.05, 4.69) is 28.0 Å². The molecular formula is C37H33ClN4O6S. The number of carbonyl (C=O) groups is 1. The quantitative estimate of drug-likeness (QED) is 0.117. The Bertz CT molecular complexity index is 2070. The Kier molecular flexibility index (Phi) is 10.2. The van der Waals surface area contributed by atoms with Crippen LogP contribution in [0.25, 0.3) is 11.1 Å². The molecule has 0 bridgehead atoms. The number of amides is 1. The third-order valence-electron chi connectivity index (χ3n) is 8.34. The topological polar surface area (TPSA) is 122 Å². The summed E-state index contributed by atoms with van der Waals surface area (Å²) in [6.07, 6.45) is 0. The summed E-state index contributed by atoms with van der Waals surface area (Å²) < 4.78 is 34.3. The largest absolute Gasteiger partial charge is 0.488 e. The molecule has 12 heteroatoms. The van der Waals surface area contributed by atoms with Crippen molar-refractivity contribution < 1.29 is 22.9 Å². The highest BCUT2D eigenvalue weighted by molar-refractivity contribution is 7.90. The second-order valence-electron chi connectivity index (χ2n) is 11.5. The first-order valence-corrected chi connectivity index (χ1v) is 17.5. The molecule has 1 aliphatic rings. The average molecular weight is 697 g/mol. The number of piperazine rings is 1. The van der Waals surface area contributed by atoms with Crippen LogP contribution in [0.3, 0.4) is 0 Å². The molecular weight excluding hydrogens is 664 g/mol. The van der Waals surface area contributed by atoms with E-state index in [0.717, 1.165) is 52.1 Å². The van der Waals surface area contributed by atoms with Crippen LogP contribution in [0.15, 0.2) is 126 Å². The number of non-ortho nitro benzene ring substituents is 1. The maximum absolute atomic E-state index is 13.4. The van der Waals surface area contributed by atoms with E-state index in [-0.39, 0.29) is 17.9 Å². The Morgan fingerprint density at radius 3 is 2.24 bits per heavy atom. The van der Waals surface area contributed by atoms with E-state index in [1.807, 2.05) is 65.4 Å². The van der Waals surface area contributed by atoms with E-state index < -0.39 is 31.4 Å². The standard InChI is InChI=1S/C37H33ClN4O6S/c38-35-16-8-15-32(28-11-5-2-6-12-28)34(35)25-40-19-21-41(22-20-40)29-17-18-33(36(24-29)48-26-27-9-3-1-4-10-27)37(43)39-49(46,47)31-14-7-13-30(23-31)42(44)45/h1-18,23-24H,19-22,25-26H2,(H,39,43). The highest BCUT2D eigenvalue weighted by Gasteiger charge is 2.25. The van der Waals surface area contributed by atoms with Gasteiger partial charge in [-0.3, -0.25) is 19.8 Å². The molecule has 5 aromatic rings. The first-order chi connectivity index (χ1) is 23.7. The van der Waals surface area contributed by atoms with Crippen LogP contribution in [-0.2, 0) is 23.2 Å². The molecule has 1 saturated heterocycles. The monoisotopic (exact) mass is 696 g/mol. The minimum absolute atomic E-state index is 0.0134. The number of ether oxygens (including phenoxy) is 1. The molecule has 6 rings (SSSR count). The van der Waals surface area contributed by atoms with Gasteiger partial charge in [-0.05, 0) is 46.5 Å². The number of hydrogen-bond donors (Lipinski definition) is 1. The fraction of sp³-hybridized carbons (Fsp3) is 0.162. The number of halogens is 1. The second-order valence-corrected chi connectivity index (χ2v) is 13.6. The van der Waals surface area contributed by atoms with Gasteiger partial charge in [0.25, 0.3) is 21.6 Å². The van der Waals surface area contributed by atoms with Crippen molar-refractivity contribution in [1.29, 1.82) is 0 Å². The Morgan fingerprint density at radius 2 is 1.53 bits per heavy atom. The van der Waals surface area contributed by atoms with Gasteiger partial charge in [0.05, 0.1) is 15.4 Å². The lowest BCUT2D eigenvalue weighted by molar-refractivity contribution is -0.385. The molecule has 49 heavy (non-hydrogen) atoms. The van der Waals surface area contributed by atoms with Crippen LogP contribution in [-0.4, -0.2) is 50.3 Å². The summed E-state index contributed by atoms with van der Waals surface area (Å²) in [5.74, 6) is -0.709. The number of hydrogen-bond acceptors (Lipinski definition) is 8. The number of rotatable bonds is 11. The molecule has 0 aromatic heterocycles. The van der Waals surface area contributed by atoms with E-state index in [1.54, 1.807) is 12.1 Å². The molecule has 1 aliphatic heterocycles. The zero-order valence-electron chi connectivity index (χ0n) is 26.4. The lowest BCUT2D eigenvalue weighted by Crippen LogP contribution is -2.46. The van der Waals surface area contributed by atoms with Crippen molar-refractivity contribution in [1.82, 2.24) is 9.62 Å². The van der Waals surface area contributed by atoms with Crippen LogP contribution in [0.5, 0.6) is 5.75 Å². The summed E-state index contributed by atoms with van der Waals surface area (Å²) in [4.78, 5) is 28.1. The van der Waals surface area contributed by atoms with Crippen LogP contribution >= 0.6 is 11.6 Å². The molecule has 1 heterocycles. The molecule has 0 aliphatic carbocycles. The van der Waals surface area contributed by atoms with Gasteiger partial charge in [0, 0.05) is 61.6 Å². The van der Waals surface area contributed by atoms with Crippen LogP contribution in [0.4, 0.5) is 11.4 Å². The highest BCUT2D eigenvalue weighted by atomic mass is 35.5. The molecule has 0 atom stereocenters. The number of nitrogens with one attached hydrogen (secondary N) is 1. The third kappa shape index (κ3) is 8.09. The lowest BCUT2D eigenvalue weighted by atomic mass is 9.99. The molecule has 250 valence electrons. The predicted octanol–water partition coefficient (Wildman–Crippen LogP) is 6.94. The molecule has 1 amide bonds. The summed E-state index contributed by atoms with van der Waals surface area (Å²) in [7, 11) is -4.42. The molecule has 0 spiro atoms. The zero-order chi connectivity index (χ0) is 34.4. The molecule has 1 N–H and O–H groups in total. The van der Waals surface area contributed by atoms with E-state index >= 15 is 0 Å². The van der Waals surface area contributed by atoms with Gasteiger partial charge in [-0.25, -0.2) is 13.1 Å². The van der Waals surface area contributed by atoms with Gasteiger partial charge < -0.3 is 9.64 Å². The van der Waals surface area contributed by atoms with Gasteiger partial charge in [0.1, 0.15) is 12.4 Å². The van der Waals surface area contributed by atoms with Gasteiger partial charge in [-0.1, -0.05) is 90.5 Å². The summed E-state index contributed by atoms with van der Waals surface area (Å²) in [6.45, 7) is 3.79. The average Bonchev–Trinajstić information content (AvgIpc) is 3.12. The van der Waals surface area contributed by atoms with Crippen molar-refractivity contribution in [3.05, 3.63) is 153 Å². The first-order valence-electron chi connectivity index (χ1n) is 15.6. The number of anilines is 1. The Balaban J connectivity index is 1.20. The Hall–Kier alpha value is -5.23. The minimum Gasteiger partial charge on any atom is -0.488 e. The predicted molar refractivity (Wildman–Crippen MR) is 189 cm³/mol. The first kappa shape index (κ1) is 33.7. The van der Waals surface area contributed by atoms with Gasteiger partial charge >= 0.3 is 0 Å². The summed E-state index contributed by atoms with van der Waals surface area (Å²) in [5.41, 5.74) is 4.60. The van der Waals surface area contributed by atoms with Crippen LogP contribution < -0.4 is 14.4 Å². The van der Waals surface area contributed by atoms with Crippen molar-refractivity contribution in [2.24, 2.45) is 0 Å². The van der Waals surface area contributed by atoms with Crippen molar-refractivity contribution in [2.75, 3.05) is 31.1 Å². The number of sulfonamides is 1. The smallest absolute Gasteiger partial charge is 0.270 e. The maximum Gasteiger partial charge on any atom is 0.270 e. The highest BCUT2D eigenvalue weighted by Crippen LogP contribution is 2.32. The fourth-order valence-electron chi connectivity index (χ4n) is 5.75. The fourth-order valence-corrected chi connectivity index (χ4v) is 6.99. The molecule has 1 fully saturated rings. The lowest BCUT2D eigenvalue weighted by Gasteiger charge is -2.36. The second kappa shape index (κ2) is 14.9. The van der Waals surface area contributed by atoms with Gasteiger partial charge in [-0.15, -0.1) is 0 Å². The molecule has 5 aromatic carbocycles. The van der Waals surface area contributed by atoms with Crippen molar-refractivity contribution in [3.63, 3.8) is 0 Å². The Labute approximate surface area is 289 Å². The van der Waals surface area contributed by atoms with Gasteiger partial charge in [-0.2, -0.15) is 0 Å². The number of nitro benzene ring substituents is 1. The molecule has 10 nitrogen and oxygen atoms in total. The van der Waals surface area contributed by atoms with E-state index in [9.17, 15) is 23.3 Å². The number of nitro groups is 1. The van der Waals surface area contributed by atoms with E-state index in [1.165, 1.54) is 24.3 Å². The third-order valence-corrected chi connectivity index (χ3v) is 10.0. The van der Waals surface area contributed by atoms with Crippen molar-refractivity contribution >= 4 is 38.9 Å². The molecule has 0 unspecified atom stereocenters. The van der Waals surface area contributed by atoms with Crippen molar-refractivity contribution in [3.8, 4) is 16.9 Å². The summed E-state index contributed by atoms with van der Waals surface area (Å²) in [5, 5.41) is 11.9. The van der Waals surface area contributed by atoms with Gasteiger partial charge in [0.2, 0.25) is 0 Å². The van der Waals surface area contributed by atoms with Crippen LogP contribution in [0.1, 0.15) is 21.5 Å². The van der Waals surface area contributed by atoms with E-state index in [4.69, 9.17) is 16.3 Å². The SMILES string of the molecule is O=C(NS(=O)(=O)c1cccc([N+](=O)[O-])c1)c1ccc(N2CCN(Cc3c(Cl)cccc3-c3ccccc3)CC2)cc1OCc1ccccc1. The van der Waals surface area contributed by atoms with E-state index in [0.29, 0.717) is 19.6 Å².